The van der Waals surface area contributed by atoms with Gasteiger partial charge in [-0.25, -0.2) is 4.39 Å². The van der Waals surface area contributed by atoms with Crippen molar-refractivity contribution < 1.29 is 43.8 Å². The largest absolute Gasteiger partial charge is 0.394 e. The number of hydrogen-bond donors (Lipinski definition) is 4. The summed E-state index contributed by atoms with van der Waals surface area (Å²) in [4.78, 5) is 0. The van der Waals surface area contributed by atoms with Crippen molar-refractivity contribution in [3.63, 3.8) is 0 Å². The van der Waals surface area contributed by atoms with Crippen molar-refractivity contribution in [1.82, 2.24) is 0 Å². The standard InChI is InChI=1S/C18H33FO8/c1-2-3-4-5-6-7-8-24-17-13(19)14(21)12(27-17)10-25-18-16(23)15(22)11(9-20)26-18/h11-18,20-23H,2-10H2,1H3/t11-,12-,13+,14-,15-,16+,17+,18+/m1/s1. The Kier molecular flexibility index (Phi) is 9.81. The van der Waals surface area contributed by atoms with E-state index >= 15 is 0 Å². The zero-order valence-electron chi connectivity index (χ0n) is 15.8. The number of aliphatic hydroxyl groups excluding tert-OH is 4. The number of aliphatic hydroxyl groups is 4. The maximum absolute atomic E-state index is 14.2. The maximum Gasteiger partial charge on any atom is 0.191 e. The topological polar surface area (TPSA) is 118 Å². The summed E-state index contributed by atoms with van der Waals surface area (Å²) >= 11 is 0. The van der Waals surface area contributed by atoms with E-state index in [-0.39, 0.29) is 6.61 Å². The molecule has 2 heterocycles. The molecule has 0 amide bonds. The molecular formula is C18H33FO8. The molecule has 0 aromatic heterocycles. The molecule has 0 unspecified atom stereocenters. The van der Waals surface area contributed by atoms with E-state index in [1.165, 1.54) is 19.3 Å². The predicted octanol–water partition coefficient (Wildman–Crippen LogP) is 0.243. The van der Waals surface area contributed by atoms with Gasteiger partial charge in [0, 0.05) is 6.61 Å². The molecule has 2 fully saturated rings. The first-order valence-electron chi connectivity index (χ1n) is 9.82. The van der Waals surface area contributed by atoms with Gasteiger partial charge in [-0.05, 0) is 6.42 Å². The van der Waals surface area contributed by atoms with Crippen molar-refractivity contribution in [2.24, 2.45) is 0 Å². The highest BCUT2D eigenvalue weighted by Crippen LogP contribution is 2.28. The molecule has 0 aromatic carbocycles. The lowest BCUT2D eigenvalue weighted by Crippen LogP contribution is -2.37. The van der Waals surface area contributed by atoms with Crippen LogP contribution in [-0.4, -0.2) is 89.5 Å². The number of ether oxygens (including phenoxy) is 4. The number of rotatable bonds is 12. The van der Waals surface area contributed by atoms with Gasteiger partial charge >= 0.3 is 0 Å². The summed E-state index contributed by atoms with van der Waals surface area (Å²) in [5.41, 5.74) is 0. The van der Waals surface area contributed by atoms with E-state index in [2.05, 4.69) is 6.92 Å². The van der Waals surface area contributed by atoms with Crippen LogP contribution in [0.15, 0.2) is 0 Å². The molecular weight excluding hydrogens is 363 g/mol. The van der Waals surface area contributed by atoms with Crippen LogP contribution in [0.5, 0.6) is 0 Å². The monoisotopic (exact) mass is 396 g/mol. The minimum absolute atomic E-state index is 0.245. The van der Waals surface area contributed by atoms with Crippen molar-refractivity contribution in [2.45, 2.75) is 94.7 Å². The second-order valence-electron chi connectivity index (χ2n) is 7.16. The third-order valence-electron chi connectivity index (χ3n) is 4.98. The molecule has 0 aromatic rings. The molecule has 8 atom stereocenters. The maximum atomic E-state index is 14.2. The Labute approximate surface area is 159 Å². The van der Waals surface area contributed by atoms with Gasteiger partial charge in [-0.15, -0.1) is 0 Å². The Balaban J connectivity index is 1.67. The molecule has 27 heavy (non-hydrogen) atoms. The minimum Gasteiger partial charge on any atom is -0.394 e. The first kappa shape index (κ1) is 22.9. The van der Waals surface area contributed by atoms with Gasteiger partial charge in [0.05, 0.1) is 13.2 Å². The summed E-state index contributed by atoms with van der Waals surface area (Å²) in [7, 11) is 0. The van der Waals surface area contributed by atoms with E-state index in [4.69, 9.17) is 24.1 Å². The van der Waals surface area contributed by atoms with Crippen LogP contribution in [0.3, 0.4) is 0 Å². The van der Waals surface area contributed by atoms with E-state index in [0.29, 0.717) is 6.61 Å². The quantitative estimate of drug-likeness (QED) is 0.347. The van der Waals surface area contributed by atoms with Crippen LogP contribution >= 0.6 is 0 Å². The molecule has 160 valence electrons. The first-order chi connectivity index (χ1) is 13.0. The average molecular weight is 396 g/mol. The van der Waals surface area contributed by atoms with E-state index in [1.54, 1.807) is 0 Å². The Bertz CT molecular complexity index is 415. The SMILES string of the molecule is CCCCCCCCO[C@H]1O[C@H](CO[C@H]2O[C@H](CO)[C@@H](O)[C@@H]2O)[C@@H](O)[C@@H]1F. The fourth-order valence-corrected chi connectivity index (χ4v) is 3.24. The van der Waals surface area contributed by atoms with Crippen LogP contribution in [0.4, 0.5) is 4.39 Å². The molecule has 2 saturated heterocycles. The third kappa shape index (κ3) is 6.30. The minimum atomic E-state index is -1.69. The predicted molar refractivity (Wildman–Crippen MR) is 92.6 cm³/mol. The Morgan fingerprint density at radius 2 is 1.48 bits per heavy atom. The van der Waals surface area contributed by atoms with Crippen molar-refractivity contribution in [3.8, 4) is 0 Å². The zero-order valence-corrected chi connectivity index (χ0v) is 15.8. The van der Waals surface area contributed by atoms with Gasteiger partial charge in [0.15, 0.2) is 18.8 Å². The van der Waals surface area contributed by atoms with Gasteiger partial charge in [-0.2, -0.15) is 0 Å². The van der Waals surface area contributed by atoms with Crippen LogP contribution in [0.1, 0.15) is 45.4 Å². The lowest BCUT2D eigenvalue weighted by molar-refractivity contribution is -0.204. The van der Waals surface area contributed by atoms with E-state index < -0.39 is 55.9 Å². The van der Waals surface area contributed by atoms with Crippen LogP contribution in [0, 0.1) is 0 Å². The fourth-order valence-electron chi connectivity index (χ4n) is 3.24. The van der Waals surface area contributed by atoms with Crippen LogP contribution < -0.4 is 0 Å². The van der Waals surface area contributed by atoms with Gasteiger partial charge < -0.3 is 39.4 Å². The summed E-state index contributed by atoms with van der Waals surface area (Å²) in [6.45, 7) is 1.79. The second-order valence-corrected chi connectivity index (χ2v) is 7.16. The van der Waals surface area contributed by atoms with Gasteiger partial charge in [0.1, 0.15) is 30.5 Å². The third-order valence-corrected chi connectivity index (χ3v) is 4.98. The lowest BCUT2D eigenvalue weighted by Gasteiger charge is -2.19. The van der Waals surface area contributed by atoms with Crippen LogP contribution in [0.2, 0.25) is 0 Å². The Morgan fingerprint density at radius 3 is 2.15 bits per heavy atom. The smallest absolute Gasteiger partial charge is 0.191 e. The van der Waals surface area contributed by atoms with Crippen molar-refractivity contribution in [2.75, 3.05) is 19.8 Å². The summed E-state index contributed by atoms with van der Waals surface area (Å²) in [5.74, 6) is 0. The van der Waals surface area contributed by atoms with Gasteiger partial charge in [-0.1, -0.05) is 39.0 Å². The van der Waals surface area contributed by atoms with E-state index in [1.807, 2.05) is 0 Å². The Morgan fingerprint density at radius 1 is 0.815 bits per heavy atom. The molecule has 0 aliphatic carbocycles. The summed E-state index contributed by atoms with van der Waals surface area (Å²) in [5, 5.41) is 38.5. The number of unbranched alkanes of at least 4 members (excludes halogenated alkanes) is 5. The molecule has 0 bridgehead atoms. The number of alkyl halides is 1. The Hall–Kier alpha value is -0.390. The second kappa shape index (κ2) is 11.6. The lowest BCUT2D eigenvalue weighted by atomic mass is 10.1. The molecule has 9 heteroatoms. The van der Waals surface area contributed by atoms with Gasteiger partial charge in [-0.3, -0.25) is 0 Å². The molecule has 2 aliphatic rings. The first-order valence-corrected chi connectivity index (χ1v) is 9.82. The van der Waals surface area contributed by atoms with Crippen LogP contribution in [-0.2, 0) is 18.9 Å². The van der Waals surface area contributed by atoms with Gasteiger partial charge in [0.25, 0.3) is 0 Å². The fraction of sp³-hybridized carbons (Fsp3) is 1.00. The van der Waals surface area contributed by atoms with E-state index in [0.717, 1.165) is 19.3 Å². The van der Waals surface area contributed by atoms with Crippen molar-refractivity contribution >= 4 is 0 Å². The molecule has 0 spiro atoms. The molecule has 2 rings (SSSR count). The number of halogens is 1. The molecule has 4 N–H and O–H groups in total. The highest BCUT2D eigenvalue weighted by atomic mass is 19.1. The van der Waals surface area contributed by atoms with E-state index in [9.17, 15) is 19.7 Å². The van der Waals surface area contributed by atoms with Crippen LogP contribution in [0.25, 0.3) is 0 Å². The highest BCUT2D eigenvalue weighted by molar-refractivity contribution is 4.89. The molecule has 0 radical (unpaired) electrons. The normalized spacial score (nSPS) is 39.3. The summed E-state index contributed by atoms with van der Waals surface area (Å²) < 4.78 is 35.4. The average Bonchev–Trinajstić information content (AvgIpc) is 3.10. The number of hydrogen-bond acceptors (Lipinski definition) is 8. The van der Waals surface area contributed by atoms with Crippen molar-refractivity contribution in [3.05, 3.63) is 0 Å². The zero-order chi connectivity index (χ0) is 19.8. The highest BCUT2D eigenvalue weighted by Gasteiger charge is 2.47. The molecule has 2 aliphatic heterocycles. The summed E-state index contributed by atoms with van der Waals surface area (Å²) in [6, 6.07) is 0. The molecule has 0 saturated carbocycles. The van der Waals surface area contributed by atoms with Gasteiger partial charge in [0.2, 0.25) is 0 Å². The summed E-state index contributed by atoms with van der Waals surface area (Å²) in [6.07, 6.45) is -3.52. The van der Waals surface area contributed by atoms with Crippen molar-refractivity contribution in [1.29, 1.82) is 0 Å². The molecule has 8 nitrogen and oxygen atoms in total.